The topological polar surface area (TPSA) is 15.7 Å². The van der Waals surface area contributed by atoms with Crippen LogP contribution in [0, 0.1) is 19.8 Å². The number of fused-ring (bicyclic) bond motifs is 4. The number of ether oxygens (including phenoxy) is 1. The zero-order valence-corrected chi connectivity index (χ0v) is 28.1. The van der Waals surface area contributed by atoms with Crippen molar-refractivity contribution in [3.63, 3.8) is 0 Å². The van der Waals surface area contributed by atoms with Gasteiger partial charge in [0, 0.05) is 45.8 Å². The molecular formula is C45H37BN2O. The number of rotatable bonds is 5. The van der Waals surface area contributed by atoms with Crippen LogP contribution in [0.4, 0.5) is 28.4 Å². The number of anilines is 5. The van der Waals surface area contributed by atoms with Crippen LogP contribution in [0.5, 0.6) is 11.5 Å². The quantitative estimate of drug-likeness (QED) is 0.176. The van der Waals surface area contributed by atoms with Gasteiger partial charge in [0.2, 0.25) is 0 Å². The minimum absolute atomic E-state index is 0.0261. The van der Waals surface area contributed by atoms with Gasteiger partial charge in [-0.15, -0.1) is 0 Å². The van der Waals surface area contributed by atoms with E-state index < -0.39 is 0 Å². The Morgan fingerprint density at radius 3 is 2.04 bits per heavy atom. The maximum absolute atomic E-state index is 7.19. The van der Waals surface area contributed by atoms with Gasteiger partial charge in [0.1, 0.15) is 11.5 Å². The fraction of sp³-hybridized carbons (Fsp3) is 0.111. The van der Waals surface area contributed by atoms with Crippen molar-refractivity contribution in [1.82, 2.24) is 0 Å². The minimum Gasteiger partial charge on any atom is -0.458 e. The van der Waals surface area contributed by atoms with Crippen LogP contribution in [0.3, 0.4) is 0 Å². The molecule has 2 aliphatic heterocycles. The zero-order valence-electron chi connectivity index (χ0n) is 28.1. The van der Waals surface area contributed by atoms with Gasteiger partial charge >= 0.3 is 0 Å². The maximum atomic E-state index is 7.19. The summed E-state index contributed by atoms with van der Waals surface area (Å²) in [5.74, 6) is 2.36. The molecule has 3 nitrogen and oxygen atoms in total. The molecule has 0 saturated heterocycles. The molecule has 1 unspecified atom stereocenters. The summed E-state index contributed by atoms with van der Waals surface area (Å²) < 4.78 is 7.19. The number of hydrogen-bond acceptors (Lipinski definition) is 3. The second kappa shape index (κ2) is 11.7. The fourth-order valence-electron chi connectivity index (χ4n) is 7.66. The lowest BCUT2D eigenvalue weighted by atomic mass is 9.34. The number of hydrogen-bond donors (Lipinski definition) is 0. The summed E-state index contributed by atoms with van der Waals surface area (Å²) in [6, 6.07) is 48.4. The van der Waals surface area contributed by atoms with Crippen molar-refractivity contribution >= 4 is 51.5 Å². The first-order valence-electron chi connectivity index (χ1n) is 17.3. The summed E-state index contributed by atoms with van der Waals surface area (Å²) in [6.45, 7) is 6.57. The molecule has 236 valence electrons. The molecule has 3 aliphatic rings. The van der Waals surface area contributed by atoms with Crippen LogP contribution >= 0.6 is 0 Å². The Balaban J connectivity index is 1.26. The third-order valence-corrected chi connectivity index (χ3v) is 10.2. The highest BCUT2D eigenvalue weighted by atomic mass is 16.5. The van der Waals surface area contributed by atoms with Gasteiger partial charge in [0.05, 0.1) is 0 Å². The lowest BCUT2D eigenvalue weighted by Crippen LogP contribution is -2.60. The molecule has 0 spiro atoms. The van der Waals surface area contributed by atoms with Crippen LogP contribution in [0.25, 0.3) is 11.1 Å². The molecule has 9 rings (SSSR count). The van der Waals surface area contributed by atoms with Crippen molar-refractivity contribution in [3.8, 4) is 22.6 Å². The lowest BCUT2D eigenvalue weighted by molar-refractivity contribution is 0.489. The Hall–Kier alpha value is -5.74. The molecule has 6 aromatic rings. The monoisotopic (exact) mass is 632 g/mol. The van der Waals surface area contributed by atoms with Gasteiger partial charge in [-0.05, 0) is 103 Å². The molecular weight excluding hydrogens is 595 g/mol. The summed E-state index contributed by atoms with van der Waals surface area (Å²) in [6.07, 6.45) is 8.03. The Morgan fingerprint density at radius 1 is 0.673 bits per heavy atom. The molecule has 49 heavy (non-hydrogen) atoms. The molecule has 4 heteroatoms. The second-order valence-electron chi connectivity index (χ2n) is 13.6. The summed E-state index contributed by atoms with van der Waals surface area (Å²) in [5, 5.41) is 0. The Kier molecular flexibility index (Phi) is 7.05. The number of allylic oxidation sites excluding steroid dienone is 3. The second-order valence-corrected chi connectivity index (χ2v) is 13.6. The van der Waals surface area contributed by atoms with E-state index >= 15 is 0 Å². The number of aryl methyl sites for hydroxylation is 2. The minimum atomic E-state index is 0.0261. The first kappa shape index (κ1) is 29.4. The molecule has 0 aromatic heterocycles. The molecule has 2 heterocycles. The Labute approximate surface area is 289 Å². The van der Waals surface area contributed by atoms with Gasteiger partial charge in [0.15, 0.2) is 0 Å². The summed E-state index contributed by atoms with van der Waals surface area (Å²) in [7, 11) is 0. The highest BCUT2D eigenvalue weighted by Crippen LogP contribution is 2.45. The standard InChI is InChI=1S/C45H37BN2O/c1-30-13-19-34(20-14-30)47(35-21-15-31(2)16-22-35)37-25-27-40-43(29-37)49-45-38(33-9-5-4-6-10-33)26-28-42-44(45)46(40)39-11-7-8-12-41(39)48(42)36-23-17-32(3)18-24-36/h4-17,19-29,32H,18H2,1-3H3. The van der Waals surface area contributed by atoms with Gasteiger partial charge in [0.25, 0.3) is 6.71 Å². The smallest absolute Gasteiger partial charge is 0.256 e. The van der Waals surface area contributed by atoms with Crippen LogP contribution in [0.15, 0.2) is 157 Å². The molecule has 0 amide bonds. The molecule has 0 N–H and O–H groups in total. The number of para-hydroxylation sites is 1. The predicted octanol–water partition coefficient (Wildman–Crippen LogP) is 9.99. The van der Waals surface area contributed by atoms with E-state index in [1.54, 1.807) is 0 Å². The van der Waals surface area contributed by atoms with E-state index in [0.717, 1.165) is 46.1 Å². The third kappa shape index (κ3) is 4.98. The molecule has 1 aliphatic carbocycles. The van der Waals surface area contributed by atoms with Gasteiger partial charge < -0.3 is 14.5 Å². The van der Waals surface area contributed by atoms with E-state index in [9.17, 15) is 0 Å². The van der Waals surface area contributed by atoms with Crippen molar-refractivity contribution in [2.45, 2.75) is 27.2 Å². The fourth-order valence-corrected chi connectivity index (χ4v) is 7.66. The van der Waals surface area contributed by atoms with E-state index in [-0.39, 0.29) is 6.71 Å². The van der Waals surface area contributed by atoms with Crippen LogP contribution in [0.1, 0.15) is 24.5 Å². The van der Waals surface area contributed by atoms with E-state index in [4.69, 9.17) is 4.74 Å². The first-order chi connectivity index (χ1) is 24.0. The summed E-state index contributed by atoms with van der Waals surface area (Å²) in [5.41, 5.74) is 15.3. The van der Waals surface area contributed by atoms with Gasteiger partial charge in [-0.2, -0.15) is 0 Å². The third-order valence-electron chi connectivity index (χ3n) is 10.2. The van der Waals surface area contributed by atoms with Gasteiger partial charge in [-0.1, -0.05) is 109 Å². The average Bonchev–Trinajstić information content (AvgIpc) is 3.14. The van der Waals surface area contributed by atoms with E-state index in [0.29, 0.717) is 5.92 Å². The molecule has 0 bridgehead atoms. The van der Waals surface area contributed by atoms with Gasteiger partial charge in [-0.25, -0.2) is 0 Å². The normalized spacial score (nSPS) is 15.5. The molecule has 0 radical (unpaired) electrons. The van der Waals surface area contributed by atoms with Gasteiger partial charge in [-0.3, -0.25) is 0 Å². The van der Waals surface area contributed by atoms with Crippen molar-refractivity contribution in [3.05, 3.63) is 169 Å². The lowest BCUT2D eigenvalue weighted by Gasteiger charge is -2.41. The molecule has 6 aromatic carbocycles. The van der Waals surface area contributed by atoms with Crippen LogP contribution < -0.4 is 30.9 Å². The molecule has 0 fully saturated rings. The van der Waals surface area contributed by atoms with Crippen molar-refractivity contribution in [2.24, 2.45) is 5.92 Å². The highest BCUT2D eigenvalue weighted by molar-refractivity contribution is 6.99. The summed E-state index contributed by atoms with van der Waals surface area (Å²) >= 11 is 0. The Bertz CT molecular complexity index is 2230. The van der Waals surface area contributed by atoms with E-state index in [1.807, 2.05) is 0 Å². The predicted molar refractivity (Wildman–Crippen MR) is 207 cm³/mol. The van der Waals surface area contributed by atoms with Crippen LogP contribution in [0.2, 0.25) is 0 Å². The summed E-state index contributed by atoms with van der Waals surface area (Å²) in [4.78, 5) is 4.77. The molecule has 0 saturated carbocycles. The number of nitrogens with zero attached hydrogens (tertiary/aromatic N) is 2. The van der Waals surface area contributed by atoms with Crippen molar-refractivity contribution in [2.75, 3.05) is 9.80 Å². The Morgan fingerprint density at radius 2 is 1.35 bits per heavy atom. The first-order valence-corrected chi connectivity index (χ1v) is 17.3. The van der Waals surface area contributed by atoms with Crippen molar-refractivity contribution in [1.29, 1.82) is 0 Å². The SMILES string of the molecule is Cc1ccc(N(c2ccc(C)cc2)c2ccc3c(c2)Oc2c(-c4ccccc4)ccc4c2B3c2ccccc2N4C2=CCC(C)C=C2)cc1. The van der Waals surface area contributed by atoms with E-state index in [1.165, 1.54) is 44.6 Å². The maximum Gasteiger partial charge on any atom is 0.256 e. The zero-order chi connectivity index (χ0) is 33.1. The van der Waals surface area contributed by atoms with Crippen molar-refractivity contribution < 1.29 is 4.74 Å². The van der Waals surface area contributed by atoms with E-state index in [2.05, 4.69) is 182 Å². The highest BCUT2D eigenvalue weighted by Gasteiger charge is 2.43. The largest absolute Gasteiger partial charge is 0.458 e. The molecule has 1 atom stereocenters. The van der Waals surface area contributed by atoms with Crippen LogP contribution in [-0.2, 0) is 0 Å². The average molecular weight is 633 g/mol. The number of benzene rings is 6. The van der Waals surface area contributed by atoms with Crippen LogP contribution in [-0.4, -0.2) is 6.71 Å².